The van der Waals surface area contributed by atoms with Crippen molar-refractivity contribution in [3.05, 3.63) is 52.5 Å². The number of thiazole rings is 1. The van der Waals surface area contributed by atoms with Crippen LogP contribution in [0.4, 0.5) is 5.13 Å². The predicted molar refractivity (Wildman–Crippen MR) is 139 cm³/mol. The zero-order chi connectivity index (χ0) is 21.7. The van der Waals surface area contributed by atoms with Gasteiger partial charge < -0.3 is 4.90 Å². The Labute approximate surface area is 204 Å². The minimum atomic E-state index is 0. The molecule has 0 unspecified atom stereocenters. The van der Waals surface area contributed by atoms with Gasteiger partial charge in [-0.3, -0.25) is 9.69 Å². The van der Waals surface area contributed by atoms with Crippen molar-refractivity contribution >= 4 is 68.4 Å². The molecule has 0 aliphatic rings. The maximum atomic E-state index is 13.2. The Morgan fingerprint density at radius 2 is 1.74 bits per heavy atom. The van der Waals surface area contributed by atoms with E-state index in [1.54, 1.807) is 23.1 Å². The van der Waals surface area contributed by atoms with Crippen LogP contribution < -0.4 is 4.90 Å². The fourth-order valence-corrected chi connectivity index (χ4v) is 5.17. The fraction of sp³-hybridized carbons (Fsp3) is 0.391. The molecule has 0 aliphatic carbocycles. The van der Waals surface area contributed by atoms with Gasteiger partial charge in [0.25, 0.3) is 0 Å². The van der Waals surface area contributed by atoms with Gasteiger partial charge in [0.2, 0.25) is 5.91 Å². The smallest absolute Gasteiger partial charge is 0.239 e. The standard InChI is InChI=1S/C23H28ClN3OS2.ClH/c1-5-26(6-2)13-14-27(21(28)15-29-18-9-7-16(3)8-10-18)23-25-22-17(4)19(24)11-12-20(22)30-23;/h7-12H,5-6,13-15H2,1-4H3;1H. The number of aromatic nitrogens is 1. The number of aryl methyl sites for hydroxylation is 2. The molecule has 168 valence electrons. The number of halogens is 2. The Morgan fingerprint density at radius 3 is 2.39 bits per heavy atom. The number of anilines is 1. The zero-order valence-corrected chi connectivity index (χ0v) is 21.6. The molecule has 0 spiro atoms. The molecule has 2 aromatic carbocycles. The number of benzene rings is 2. The first kappa shape index (κ1) is 25.9. The number of hydrogen-bond donors (Lipinski definition) is 0. The highest BCUT2D eigenvalue weighted by molar-refractivity contribution is 8.00. The maximum absolute atomic E-state index is 13.2. The summed E-state index contributed by atoms with van der Waals surface area (Å²) in [5.41, 5.74) is 3.06. The molecule has 0 atom stereocenters. The Bertz CT molecular complexity index is 1000. The Hall–Kier alpha value is -1.31. The van der Waals surface area contributed by atoms with E-state index in [9.17, 15) is 4.79 Å². The zero-order valence-electron chi connectivity index (χ0n) is 18.4. The van der Waals surface area contributed by atoms with Crippen LogP contribution in [0.25, 0.3) is 10.2 Å². The molecule has 0 bridgehead atoms. The minimum absolute atomic E-state index is 0. The minimum Gasteiger partial charge on any atom is -0.302 e. The van der Waals surface area contributed by atoms with Crippen molar-refractivity contribution in [3.63, 3.8) is 0 Å². The second-order valence-electron chi connectivity index (χ2n) is 7.19. The van der Waals surface area contributed by atoms with Crippen LogP contribution in [0.5, 0.6) is 0 Å². The number of thioether (sulfide) groups is 1. The first-order chi connectivity index (χ1) is 14.4. The molecule has 3 aromatic rings. The molecule has 0 saturated carbocycles. The van der Waals surface area contributed by atoms with Crippen LogP contribution in [-0.4, -0.2) is 47.7 Å². The summed E-state index contributed by atoms with van der Waals surface area (Å²) in [4.78, 5) is 23.3. The van der Waals surface area contributed by atoms with Gasteiger partial charge in [0.1, 0.15) is 0 Å². The first-order valence-electron chi connectivity index (χ1n) is 10.2. The number of fused-ring (bicyclic) bond motifs is 1. The topological polar surface area (TPSA) is 36.4 Å². The number of hydrogen-bond acceptors (Lipinski definition) is 5. The number of carbonyl (C=O) groups excluding carboxylic acids is 1. The summed E-state index contributed by atoms with van der Waals surface area (Å²) in [7, 11) is 0. The maximum Gasteiger partial charge on any atom is 0.239 e. The van der Waals surface area contributed by atoms with Crippen molar-refractivity contribution < 1.29 is 4.79 Å². The summed E-state index contributed by atoms with van der Waals surface area (Å²) < 4.78 is 1.05. The Morgan fingerprint density at radius 1 is 1.06 bits per heavy atom. The molecule has 1 heterocycles. The first-order valence-corrected chi connectivity index (χ1v) is 12.4. The van der Waals surface area contributed by atoms with Gasteiger partial charge in [0, 0.05) is 23.0 Å². The van der Waals surface area contributed by atoms with Crippen LogP contribution in [0.2, 0.25) is 5.02 Å². The van der Waals surface area contributed by atoms with Crippen molar-refractivity contribution in [2.24, 2.45) is 0 Å². The lowest BCUT2D eigenvalue weighted by molar-refractivity contribution is -0.116. The second-order valence-corrected chi connectivity index (χ2v) is 9.65. The second kappa shape index (κ2) is 12.1. The summed E-state index contributed by atoms with van der Waals surface area (Å²) in [6, 6.07) is 12.2. The van der Waals surface area contributed by atoms with E-state index in [1.165, 1.54) is 5.56 Å². The van der Waals surface area contributed by atoms with E-state index in [4.69, 9.17) is 16.6 Å². The summed E-state index contributed by atoms with van der Waals surface area (Å²) >= 11 is 9.41. The van der Waals surface area contributed by atoms with Gasteiger partial charge >= 0.3 is 0 Å². The molecule has 4 nitrogen and oxygen atoms in total. The highest BCUT2D eigenvalue weighted by Gasteiger charge is 2.21. The molecule has 31 heavy (non-hydrogen) atoms. The predicted octanol–water partition coefficient (Wildman–Crippen LogP) is 6.46. The van der Waals surface area contributed by atoms with Gasteiger partial charge in [-0.1, -0.05) is 54.5 Å². The molecule has 1 aromatic heterocycles. The monoisotopic (exact) mass is 497 g/mol. The highest BCUT2D eigenvalue weighted by atomic mass is 35.5. The molecule has 3 rings (SSSR count). The highest BCUT2D eigenvalue weighted by Crippen LogP contribution is 2.34. The van der Waals surface area contributed by atoms with Crippen molar-refractivity contribution in [1.29, 1.82) is 0 Å². The van der Waals surface area contributed by atoms with E-state index < -0.39 is 0 Å². The van der Waals surface area contributed by atoms with Crippen LogP contribution in [0.1, 0.15) is 25.0 Å². The van der Waals surface area contributed by atoms with Gasteiger partial charge in [-0.25, -0.2) is 4.98 Å². The SMILES string of the molecule is CCN(CC)CCN(C(=O)CSc1ccc(C)cc1)c1nc2c(C)c(Cl)ccc2s1.Cl. The largest absolute Gasteiger partial charge is 0.302 e. The Balaban J connectivity index is 0.00000341. The lowest BCUT2D eigenvalue weighted by Gasteiger charge is -2.24. The fourth-order valence-electron chi connectivity index (χ4n) is 3.17. The van der Waals surface area contributed by atoms with Crippen LogP contribution in [-0.2, 0) is 4.79 Å². The van der Waals surface area contributed by atoms with Crippen molar-refractivity contribution in [2.45, 2.75) is 32.6 Å². The van der Waals surface area contributed by atoms with E-state index in [-0.39, 0.29) is 18.3 Å². The molecule has 0 N–H and O–H groups in total. The third-order valence-corrected chi connectivity index (χ3v) is 7.64. The molecule has 0 fully saturated rings. The number of likely N-dealkylation sites (N-methyl/N-ethyl adjacent to an activating group) is 1. The van der Waals surface area contributed by atoms with Crippen LogP contribution >= 0.6 is 47.1 Å². The van der Waals surface area contributed by atoms with Gasteiger partial charge in [-0.15, -0.1) is 24.2 Å². The summed E-state index contributed by atoms with van der Waals surface area (Å²) in [6.45, 7) is 11.7. The number of rotatable bonds is 9. The summed E-state index contributed by atoms with van der Waals surface area (Å²) in [6.07, 6.45) is 0. The van der Waals surface area contributed by atoms with E-state index >= 15 is 0 Å². The van der Waals surface area contributed by atoms with Crippen molar-refractivity contribution in [3.8, 4) is 0 Å². The van der Waals surface area contributed by atoms with Gasteiger partial charge in [-0.05, 0) is 56.8 Å². The molecule has 8 heteroatoms. The average Bonchev–Trinajstić information content (AvgIpc) is 3.18. The third kappa shape index (κ3) is 6.59. The van der Waals surface area contributed by atoms with Gasteiger partial charge in [0.15, 0.2) is 5.13 Å². The molecular weight excluding hydrogens is 469 g/mol. The molecular formula is C23H29Cl2N3OS2. The normalized spacial score (nSPS) is 11.0. The van der Waals surface area contributed by atoms with Gasteiger partial charge in [0.05, 0.1) is 16.0 Å². The quantitative estimate of drug-likeness (QED) is 0.318. The molecule has 0 aliphatic heterocycles. The van der Waals surface area contributed by atoms with Crippen LogP contribution in [0.15, 0.2) is 41.3 Å². The number of amides is 1. The lowest BCUT2D eigenvalue weighted by atomic mass is 10.2. The van der Waals surface area contributed by atoms with E-state index in [0.717, 1.165) is 45.4 Å². The third-order valence-electron chi connectivity index (χ3n) is 5.19. The molecule has 0 saturated heterocycles. The molecule has 1 amide bonds. The van der Waals surface area contributed by atoms with Gasteiger partial charge in [-0.2, -0.15) is 0 Å². The average molecular weight is 499 g/mol. The van der Waals surface area contributed by atoms with Crippen LogP contribution in [0, 0.1) is 13.8 Å². The van der Waals surface area contributed by atoms with E-state index in [2.05, 4.69) is 49.9 Å². The summed E-state index contributed by atoms with van der Waals surface area (Å²) in [5.74, 6) is 0.465. The Kier molecular flexibility index (Phi) is 10.1. The summed E-state index contributed by atoms with van der Waals surface area (Å²) in [5, 5.41) is 1.45. The lowest BCUT2D eigenvalue weighted by Crippen LogP contribution is -2.39. The van der Waals surface area contributed by atoms with E-state index in [0.29, 0.717) is 17.3 Å². The number of carbonyl (C=O) groups is 1. The number of nitrogens with zero attached hydrogens (tertiary/aromatic N) is 3. The van der Waals surface area contributed by atoms with Crippen molar-refractivity contribution in [1.82, 2.24) is 9.88 Å². The molecule has 0 radical (unpaired) electrons. The van der Waals surface area contributed by atoms with Crippen molar-refractivity contribution in [2.75, 3.05) is 36.8 Å². The van der Waals surface area contributed by atoms with E-state index in [1.807, 2.05) is 24.0 Å². The van der Waals surface area contributed by atoms with Crippen LogP contribution in [0.3, 0.4) is 0 Å².